The Hall–Kier alpha value is -1.24. The highest BCUT2D eigenvalue weighted by molar-refractivity contribution is 7.99. The highest BCUT2D eigenvalue weighted by atomic mass is 35.5. The molecule has 1 aromatic carbocycles. The van der Waals surface area contributed by atoms with Crippen LogP contribution in [0.25, 0.3) is 0 Å². The predicted octanol–water partition coefficient (Wildman–Crippen LogP) is 5.37. The molecular weight excluding hydrogens is 403 g/mol. The van der Waals surface area contributed by atoms with Gasteiger partial charge in [-0.2, -0.15) is 0 Å². The molecule has 1 amide bonds. The van der Waals surface area contributed by atoms with Gasteiger partial charge in [0.05, 0.1) is 21.5 Å². The average molecular weight is 427 g/mol. The third-order valence-corrected chi connectivity index (χ3v) is 6.64. The van der Waals surface area contributed by atoms with Gasteiger partial charge in [0, 0.05) is 13.5 Å². The minimum atomic E-state index is -0.179. The number of rotatable bonds is 7. The fourth-order valence-corrected chi connectivity index (χ4v) is 4.64. The van der Waals surface area contributed by atoms with Gasteiger partial charge < -0.3 is 9.88 Å². The van der Waals surface area contributed by atoms with Crippen LogP contribution in [-0.2, 0) is 18.3 Å². The zero-order valence-corrected chi connectivity index (χ0v) is 17.7. The maximum absolute atomic E-state index is 12.2. The van der Waals surface area contributed by atoms with E-state index in [1.54, 1.807) is 18.2 Å². The molecule has 8 heteroatoms. The Bertz CT molecular complexity index is 770. The molecule has 3 rings (SSSR count). The smallest absolute Gasteiger partial charge is 0.234 e. The molecule has 1 aromatic heterocycles. The van der Waals surface area contributed by atoms with Gasteiger partial charge >= 0.3 is 0 Å². The highest BCUT2D eigenvalue weighted by Gasteiger charge is 2.17. The molecule has 0 atom stereocenters. The number of thioether (sulfide) groups is 1. The van der Waals surface area contributed by atoms with Gasteiger partial charge in [-0.15, -0.1) is 10.2 Å². The molecule has 27 heavy (non-hydrogen) atoms. The number of aryl methyl sites for hydroxylation is 1. The Balaban J connectivity index is 1.50. The summed E-state index contributed by atoms with van der Waals surface area (Å²) in [5.74, 6) is 1.84. The molecule has 0 bridgehead atoms. The summed E-state index contributed by atoms with van der Waals surface area (Å²) in [7, 11) is 1.96. The van der Waals surface area contributed by atoms with Gasteiger partial charge in [-0.05, 0) is 24.5 Å². The summed E-state index contributed by atoms with van der Waals surface area (Å²) in [6, 6.07) is 5.12. The summed E-state index contributed by atoms with van der Waals surface area (Å²) in [5.41, 5.74) is 0.442. The van der Waals surface area contributed by atoms with Gasteiger partial charge in [0.15, 0.2) is 5.16 Å². The number of amides is 1. The standard InChI is InChI=1S/C19H24Cl2N4OS/c1-25-16(11-10-13-6-3-2-4-7-13)23-24-19(25)27-12-17(26)22-18-14(20)8-5-9-15(18)21/h5,8-9,13H,2-4,6-7,10-12H2,1H3,(H,22,26). The molecule has 146 valence electrons. The van der Waals surface area contributed by atoms with Crippen LogP contribution in [0.1, 0.15) is 44.3 Å². The van der Waals surface area contributed by atoms with Gasteiger partial charge in [0.25, 0.3) is 0 Å². The van der Waals surface area contributed by atoms with Crippen LogP contribution in [0.3, 0.4) is 0 Å². The lowest BCUT2D eigenvalue weighted by molar-refractivity contribution is -0.113. The first-order valence-corrected chi connectivity index (χ1v) is 11.0. The van der Waals surface area contributed by atoms with Gasteiger partial charge in [-0.3, -0.25) is 4.79 Å². The Morgan fingerprint density at radius 2 is 1.93 bits per heavy atom. The van der Waals surface area contributed by atoms with E-state index in [1.807, 2.05) is 11.6 Å². The molecule has 0 aliphatic heterocycles. The Labute approximate surface area is 174 Å². The van der Waals surface area contributed by atoms with E-state index >= 15 is 0 Å². The van der Waals surface area contributed by atoms with Crippen LogP contribution < -0.4 is 5.32 Å². The van der Waals surface area contributed by atoms with Gasteiger partial charge in [-0.1, -0.05) is 73.1 Å². The molecule has 1 saturated carbocycles. The molecule has 0 saturated heterocycles. The summed E-state index contributed by atoms with van der Waals surface area (Å²) in [4.78, 5) is 12.2. The number of hydrogen-bond acceptors (Lipinski definition) is 4. The van der Waals surface area contributed by atoms with Crippen LogP contribution in [0, 0.1) is 5.92 Å². The average Bonchev–Trinajstić information content (AvgIpc) is 3.02. The zero-order chi connectivity index (χ0) is 19.2. The summed E-state index contributed by atoms with van der Waals surface area (Å²) >= 11 is 13.5. The third kappa shape index (κ3) is 5.62. The Morgan fingerprint density at radius 1 is 1.22 bits per heavy atom. The van der Waals surface area contributed by atoms with Crippen LogP contribution >= 0.6 is 35.0 Å². The number of para-hydroxylation sites is 1. The largest absolute Gasteiger partial charge is 0.323 e. The molecule has 1 aliphatic carbocycles. The van der Waals surface area contributed by atoms with Gasteiger partial charge in [-0.25, -0.2) is 0 Å². The van der Waals surface area contributed by atoms with Crippen LogP contribution in [0.15, 0.2) is 23.4 Å². The Morgan fingerprint density at radius 3 is 2.63 bits per heavy atom. The number of carbonyl (C=O) groups is 1. The monoisotopic (exact) mass is 426 g/mol. The van der Waals surface area contributed by atoms with E-state index < -0.39 is 0 Å². The van der Waals surface area contributed by atoms with Crippen molar-refractivity contribution in [1.29, 1.82) is 0 Å². The van der Waals surface area contributed by atoms with Crippen molar-refractivity contribution in [3.8, 4) is 0 Å². The van der Waals surface area contributed by atoms with Crippen molar-refractivity contribution < 1.29 is 4.79 Å². The number of carbonyl (C=O) groups excluding carboxylic acids is 1. The summed E-state index contributed by atoms with van der Waals surface area (Å²) in [6.45, 7) is 0. The molecule has 1 heterocycles. The molecule has 1 aliphatic rings. The van der Waals surface area contributed by atoms with Gasteiger partial charge in [0.1, 0.15) is 5.82 Å². The topological polar surface area (TPSA) is 59.8 Å². The summed E-state index contributed by atoms with van der Waals surface area (Å²) in [6.07, 6.45) is 8.87. The van der Waals surface area contributed by atoms with Crippen LogP contribution in [0.4, 0.5) is 5.69 Å². The van der Waals surface area contributed by atoms with E-state index in [4.69, 9.17) is 23.2 Å². The maximum atomic E-state index is 12.2. The molecule has 1 N–H and O–H groups in total. The number of hydrogen-bond donors (Lipinski definition) is 1. The first kappa shape index (κ1) is 20.5. The van der Waals surface area contributed by atoms with Crippen molar-refractivity contribution in [3.63, 3.8) is 0 Å². The van der Waals surface area contributed by atoms with E-state index in [0.29, 0.717) is 15.7 Å². The van der Waals surface area contributed by atoms with Gasteiger partial charge in [0.2, 0.25) is 5.91 Å². The molecular formula is C19H24Cl2N4OS. The van der Waals surface area contributed by atoms with Crippen molar-refractivity contribution >= 4 is 46.6 Å². The molecule has 0 radical (unpaired) electrons. The molecule has 1 fully saturated rings. The first-order chi connectivity index (χ1) is 13.0. The number of anilines is 1. The van der Waals surface area contributed by atoms with Crippen molar-refractivity contribution in [2.75, 3.05) is 11.1 Å². The second kappa shape index (κ2) is 9.80. The molecule has 0 spiro atoms. The first-order valence-electron chi connectivity index (χ1n) is 9.29. The number of nitrogens with zero attached hydrogens (tertiary/aromatic N) is 3. The van der Waals surface area contributed by atoms with Crippen LogP contribution in [-0.4, -0.2) is 26.4 Å². The molecule has 2 aromatic rings. The number of nitrogens with one attached hydrogen (secondary N) is 1. The zero-order valence-electron chi connectivity index (χ0n) is 15.4. The van der Waals surface area contributed by atoms with E-state index in [1.165, 1.54) is 50.3 Å². The normalized spacial score (nSPS) is 15.1. The molecule has 5 nitrogen and oxygen atoms in total. The van der Waals surface area contributed by atoms with E-state index in [0.717, 1.165) is 23.3 Å². The second-order valence-corrected chi connectivity index (χ2v) is 8.69. The van der Waals surface area contributed by atoms with E-state index in [-0.39, 0.29) is 11.7 Å². The molecule has 0 unspecified atom stereocenters. The van der Waals surface area contributed by atoms with Crippen molar-refractivity contribution in [1.82, 2.24) is 14.8 Å². The maximum Gasteiger partial charge on any atom is 0.234 e. The van der Waals surface area contributed by atoms with Crippen molar-refractivity contribution in [2.24, 2.45) is 13.0 Å². The van der Waals surface area contributed by atoms with Crippen molar-refractivity contribution in [2.45, 2.75) is 50.1 Å². The summed E-state index contributed by atoms with van der Waals surface area (Å²) in [5, 5.41) is 12.9. The number of benzene rings is 1. The fraction of sp³-hybridized carbons (Fsp3) is 0.526. The third-order valence-electron chi connectivity index (χ3n) is 4.99. The number of halogens is 2. The quantitative estimate of drug-likeness (QED) is 0.604. The Kier molecular flexibility index (Phi) is 7.44. The van der Waals surface area contributed by atoms with Crippen molar-refractivity contribution in [3.05, 3.63) is 34.1 Å². The minimum absolute atomic E-state index is 0.179. The lowest BCUT2D eigenvalue weighted by Gasteiger charge is -2.20. The lowest BCUT2D eigenvalue weighted by atomic mass is 9.86. The minimum Gasteiger partial charge on any atom is -0.323 e. The van der Waals surface area contributed by atoms with Crippen LogP contribution in [0.2, 0.25) is 10.0 Å². The highest BCUT2D eigenvalue weighted by Crippen LogP contribution is 2.30. The summed E-state index contributed by atoms with van der Waals surface area (Å²) < 4.78 is 1.99. The van der Waals surface area contributed by atoms with E-state index in [9.17, 15) is 4.79 Å². The lowest BCUT2D eigenvalue weighted by Crippen LogP contribution is -2.15. The van der Waals surface area contributed by atoms with E-state index in [2.05, 4.69) is 15.5 Å². The van der Waals surface area contributed by atoms with Crippen LogP contribution in [0.5, 0.6) is 0 Å². The fourth-order valence-electron chi connectivity index (χ4n) is 3.42. The number of aromatic nitrogens is 3. The predicted molar refractivity (Wildman–Crippen MR) is 112 cm³/mol. The second-order valence-electron chi connectivity index (χ2n) is 6.93. The SMILES string of the molecule is Cn1c(CCC2CCCCC2)nnc1SCC(=O)Nc1c(Cl)cccc1Cl.